The third-order valence-corrected chi connectivity index (χ3v) is 4.26. The van der Waals surface area contributed by atoms with Crippen molar-refractivity contribution in [1.82, 2.24) is 0 Å². The summed E-state index contributed by atoms with van der Waals surface area (Å²) in [6.07, 6.45) is 3.73. The third kappa shape index (κ3) is 6.47. The molecule has 0 amide bonds. The van der Waals surface area contributed by atoms with Crippen molar-refractivity contribution in [3.05, 3.63) is 32.1 Å². The number of nitrogens with two attached hydrogens (primary N) is 1. The van der Waals surface area contributed by atoms with Crippen LogP contribution in [0, 0.1) is 0 Å². The van der Waals surface area contributed by atoms with Gasteiger partial charge in [-0.3, -0.25) is 0 Å². The van der Waals surface area contributed by atoms with Gasteiger partial charge in [0.2, 0.25) is 0 Å². The predicted octanol–water partition coefficient (Wildman–Crippen LogP) is 5.34. The number of hydrogen-bond acceptors (Lipinski definition) is 3. The molecule has 20 heavy (non-hydrogen) atoms. The second-order valence-corrected chi connectivity index (χ2v) is 6.99. The van der Waals surface area contributed by atoms with E-state index in [-0.39, 0.29) is 5.01 Å². The SMILES string of the molecule is NCCCCOc1c(Br)cc(OC(Br)C=CBr)cc1Br. The minimum Gasteiger partial charge on any atom is -0.491 e. The average Bonchev–Trinajstić information content (AvgIpc) is 2.37. The molecule has 0 fully saturated rings. The van der Waals surface area contributed by atoms with Crippen LogP contribution < -0.4 is 15.2 Å². The monoisotopic (exact) mass is 533 g/mol. The summed E-state index contributed by atoms with van der Waals surface area (Å²) < 4.78 is 13.1. The molecule has 1 atom stereocenters. The molecule has 1 unspecified atom stereocenters. The van der Waals surface area contributed by atoms with Gasteiger partial charge in [0, 0.05) is 0 Å². The van der Waals surface area contributed by atoms with Gasteiger partial charge in [-0.05, 0) is 90.4 Å². The normalized spacial score (nSPS) is 12.7. The Morgan fingerprint density at radius 2 is 1.85 bits per heavy atom. The summed E-state index contributed by atoms with van der Waals surface area (Å²) >= 11 is 13.6. The van der Waals surface area contributed by atoms with Gasteiger partial charge < -0.3 is 15.2 Å². The van der Waals surface area contributed by atoms with E-state index in [0.717, 1.165) is 33.3 Å². The van der Waals surface area contributed by atoms with Gasteiger partial charge in [-0.2, -0.15) is 0 Å². The van der Waals surface area contributed by atoms with Crippen LogP contribution in [-0.4, -0.2) is 18.2 Å². The van der Waals surface area contributed by atoms with Crippen molar-refractivity contribution in [2.75, 3.05) is 13.2 Å². The Morgan fingerprint density at radius 3 is 2.40 bits per heavy atom. The van der Waals surface area contributed by atoms with Crippen LogP contribution in [-0.2, 0) is 0 Å². The summed E-state index contributed by atoms with van der Waals surface area (Å²) in [5.41, 5.74) is 5.45. The first-order valence-electron chi connectivity index (χ1n) is 5.98. The molecule has 7 heteroatoms. The van der Waals surface area contributed by atoms with Crippen LogP contribution >= 0.6 is 63.7 Å². The van der Waals surface area contributed by atoms with Crippen LogP contribution in [0.1, 0.15) is 12.8 Å². The second-order valence-electron chi connectivity index (χ2n) is 3.85. The average molecular weight is 537 g/mol. The molecular formula is C13H15Br4NO2. The molecule has 0 spiro atoms. The Morgan fingerprint density at radius 1 is 1.20 bits per heavy atom. The van der Waals surface area contributed by atoms with Crippen molar-refractivity contribution in [1.29, 1.82) is 0 Å². The van der Waals surface area contributed by atoms with Crippen molar-refractivity contribution in [2.24, 2.45) is 5.73 Å². The summed E-state index contributed by atoms with van der Waals surface area (Å²) in [7, 11) is 0. The molecule has 0 radical (unpaired) electrons. The van der Waals surface area contributed by atoms with Gasteiger partial charge in [0.15, 0.2) is 5.01 Å². The van der Waals surface area contributed by atoms with E-state index in [0.29, 0.717) is 13.2 Å². The first kappa shape index (κ1) is 18.5. The summed E-state index contributed by atoms with van der Waals surface area (Å²) in [5.74, 6) is 1.50. The number of rotatable bonds is 8. The molecule has 1 rings (SSSR count). The maximum atomic E-state index is 5.74. The summed E-state index contributed by atoms with van der Waals surface area (Å²) in [4.78, 5) is 1.74. The van der Waals surface area contributed by atoms with Crippen LogP contribution in [0.25, 0.3) is 0 Å². The molecule has 0 saturated heterocycles. The van der Waals surface area contributed by atoms with E-state index in [1.807, 2.05) is 18.2 Å². The van der Waals surface area contributed by atoms with Crippen molar-refractivity contribution >= 4 is 63.7 Å². The minimum absolute atomic E-state index is 0.197. The zero-order valence-electron chi connectivity index (χ0n) is 10.6. The highest BCUT2D eigenvalue weighted by Gasteiger charge is 2.11. The molecule has 1 aromatic rings. The maximum Gasteiger partial charge on any atom is 0.172 e. The summed E-state index contributed by atoms with van der Waals surface area (Å²) in [6, 6.07) is 3.75. The molecule has 1 aromatic carbocycles. The molecule has 112 valence electrons. The second kappa shape index (κ2) is 10.2. The van der Waals surface area contributed by atoms with Gasteiger partial charge >= 0.3 is 0 Å². The third-order valence-electron chi connectivity index (χ3n) is 2.29. The Labute approximate surface area is 152 Å². The maximum absolute atomic E-state index is 5.74. The van der Waals surface area contributed by atoms with E-state index in [9.17, 15) is 0 Å². The number of halogens is 4. The summed E-state index contributed by atoms with van der Waals surface area (Å²) in [5, 5.41) is -0.197. The molecule has 0 saturated carbocycles. The fraction of sp³-hybridized carbons (Fsp3) is 0.385. The number of benzene rings is 1. The highest BCUT2D eigenvalue weighted by atomic mass is 79.9. The highest BCUT2D eigenvalue weighted by Crippen LogP contribution is 2.38. The van der Waals surface area contributed by atoms with Crippen molar-refractivity contribution in [3.63, 3.8) is 0 Å². The van der Waals surface area contributed by atoms with Gasteiger partial charge in [-0.1, -0.05) is 15.9 Å². The highest BCUT2D eigenvalue weighted by molar-refractivity contribution is 9.11. The zero-order chi connectivity index (χ0) is 15.0. The molecule has 0 aromatic heterocycles. The number of hydrogen-bond donors (Lipinski definition) is 1. The zero-order valence-corrected chi connectivity index (χ0v) is 17.0. The molecule has 0 aliphatic heterocycles. The first-order chi connectivity index (χ1) is 9.58. The fourth-order valence-electron chi connectivity index (χ4n) is 1.39. The molecule has 3 nitrogen and oxygen atoms in total. The smallest absolute Gasteiger partial charge is 0.172 e. The van der Waals surface area contributed by atoms with Gasteiger partial charge in [-0.25, -0.2) is 0 Å². The molecule has 0 aliphatic carbocycles. The van der Waals surface area contributed by atoms with E-state index in [2.05, 4.69) is 63.7 Å². The molecule has 0 heterocycles. The number of alkyl halides is 1. The van der Waals surface area contributed by atoms with Gasteiger partial charge in [0.05, 0.1) is 15.6 Å². The van der Waals surface area contributed by atoms with Gasteiger partial charge in [0.25, 0.3) is 0 Å². The van der Waals surface area contributed by atoms with E-state index in [1.165, 1.54) is 0 Å². The van der Waals surface area contributed by atoms with Gasteiger partial charge in [-0.15, -0.1) is 0 Å². The number of ether oxygens (including phenoxy) is 2. The van der Waals surface area contributed by atoms with E-state index >= 15 is 0 Å². The largest absolute Gasteiger partial charge is 0.491 e. The summed E-state index contributed by atoms with van der Waals surface area (Å²) in [6.45, 7) is 1.33. The lowest BCUT2D eigenvalue weighted by Gasteiger charge is -2.14. The van der Waals surface area contributed by atoms with Crippen LogP contribution in [0.5, 0.6) is 11.5 Å². The molecule has 2 N–H and O–H groups in total. The lowest BCUT2D eigenvalue weighted by molar-refractivity contribution is 0.301. The van der Waals surface area contributed by atoms with E-state index < -0.39 is 0 Å². The fourth-order valence-corrected chi connectivity index (χ4v) is 3.82. The van der Waals surface area contributed by atoms with Crippen LogP contribution in [0.15, 0.2) is 32.1 Å². The standard InChI is InChI=1S/C13H15Br4NO2/c14-4-3-12(17)20-9-7-10(15)13(11(16)8-9)19-6-2-1-5-18/h3-4,7-8,12H,1-2,5-6,18H2. The van der Waals surface area contributed by atoms with Crippen LogP contribution in [0.4, 0.5) is 0 Å². The van der Waals surface area contributed by atoms with Crippen molar-refractivity contribution < 1.29 is 9.47 Å². The van der Waals surface area contributed by atoms with E-state index in [4.69, 9.17) is 15.2 Å². The first-order valence-corrected chi connectivity index (χ1v) is 9.39. The minimum atomic E-state index is -0.197. The molecular weight excluding hydrogens is 522 g/mol. The van der Waals surface area contributed by atoms with Crippen molar-refractivity contribution in [2.45, 2.75) is 17.9 Å². The number of unbranched alkanes of at least 4 members (excludes halogenated alkanes) is 1. The molecule has 0 aliphatic rings. The topological polar surface area (TPSA) is 44.5 Å². The predicted molar refractivity (Wildman–Crippen MR) is 97.0 cm³/mol. The Kier molecular flexibility index (Phi) is 9.44. The van der Waals surface area contributed by atoms with Crippen LogP contribution in [0.2, 0.25) is 0 Å². The lowest BCUT2D eigenvalue weighted by Crippen LogP contribution is -2.05. The van der Waals surface area contributed by atoms with Crippen molar-refractivity contribution in [3.8, 4) is 11.5 Å². The van der Waals surface area contributed by atoms with Crippen LogP contribution in [0.3, 0.4) is 0 Å². The molecule has 0 bridgehead atoms. The Balaban J connectivity index is 2.70. The van der Waals surface area contributed by atoms with Gasteiger partial charge in [0.1, 0.15) is 11.5 Å². The quantitative estimate of drug-likeness (QED) is 0.360. The van der Waals surface area contributed by atoms with E-state index in [1.54, 1.807) is 4.99 Å². The lowest BCUT2D eigenvalue weighted by atomic mass is 10.3. The Hall–Kier alpha value is 0.440. The Bertz CT molecular complexity index is 431.